The highest BCUT2D eigenvalue weighted by molar-refractivity contribution is 8.00. The first-order chi connectivity index (χ1) is 12.5. The van der Waals surface area contributed by atoms with Gasteiger partial charge in [0.2, 0.25) is 0 Å². The number of ether oxygens (including phenoxy) is 2. The van der Waals surface area contributed by atoms with Crippen molar-refractivity contribution in [3.8, 4) is 11.5 Å². The zero-order valence-corrected chi connectivity index (χ0v) is 15.9. The molecule has 3 rings (SSSR count). The highest BCUT2D eigenvalue weighted by Gasteiger charge is 2.15. The molecule has 1 amide bonds. The predicted molar refractivity (Wildman–Crippen MR) is 104 cm³/mol. The summed E-state index contributed by atoms with van der Waals surface area (Å²) in [5, 5.41) is 3.99. The fourth-order valence-corrected chi connectivity index (χ4v) is 3.30. The first-order valence-electron chi connectivity index (χ1n) is 8.50. The molecule has 0 saturated carbocycles. The first-order valence-corrected chi connectivity index (χ1v) is 9.38. The Balaban J connectivity index is 1.60. The van der Waals surface area contributed by atoms with Crippen molar-refractivity contribution < 1.29 is 14.3 Å². The van der Waals surface area contributed by atoms with Crippen LogP contribution in [0.2, 0.25) is 0 Å². The molecule has 0 spiro atoms. The largest absolute Gasteiger partial charge is 0.486 e. The summed E-state index contributed by atoms with van der Waals surface area (Å²) in [6, 6.07) is 13.8. The van der Waals surface area contributed by atoms with E-state index >= 15 is 0 Å². The molecule has 2 aromatic carbocycles. The number of aryl methyl sites for hydroxylation is 1. The van der Waals surface area contributed by atoms with Gasteiger partial charge < -0.3 is 9.47 Å². The van der Waals surface area contributed by atoms with Crippen molar-refractivity contribution in [2.75, 3.05) is 13.2 Å². The van der Waals surface area contributed by atoms with E-state index < -0.39 is 0 Å². The summed E-state index contributed by atoms with van der Waals surface area (Å²) in [5.41, 5.74) is 5.44. The van der Waals surface area contributed by atoms with Gasteiger partial charge in [0.1, 0.15) is 13.2 Å². The highest BCUT2D eigenvalue weighted by Crippen LogP contribution is 2.31. The van der Waals surface area contributed by atoms with Gasteiger partial charge in [0.05, 0.1) is 11.0 Å². The van der Waals surface area contributed by atoms with Gasteiger partial charge >= 0.3 is 0 Å². The van der Waals surface area contributed by atoms with Crippen LogP contribution < -0.4 is 14.9 Å². The van der Waals surface area contributed by atoms with Gasteiger partial charge in [0.15, 0.2) is 11.5 Å². The second-order valence-electron chi connectivity index (χ2n) is 6.10. The number of fused-ring (bicyclic) bond motifs is 1. The third-order valence-corrected chi connectivity index (χ3v) is 5.11. The molecule has 0 fully saturated rings. The average molecular weight is 370 g/mol. The van der Waals surface area contributed by atoms with E-state index in [-0.39, 0.29) is 11.2 Å². The molecule has 1 atom stereocenters. The van der Waals surface area contributed by atoms with Crippen LogP contribution in [0.15, 0.2) is 52.5 Å². The first kappa shape index (κ1) is 18.3. The minimum Gasteiger partial charge on any atom is -0.486 e. The molecule has 0 aromatic heterocycles. The summed E-state index contributed by atoms with van der Waals surface area (Å²) in [6.45, 7) is 6.86. The Morgan fingerprint density at radius 2 is 1.81 bits per heavy atom. The molecule has 2 aromatic rings. The summed E-state index contributed by atoms with van der Waals surface area (Å²) in [4.78, 5) is 13.4. The minimum atomic E-state index is -0.241. The van der Waals surface area contributed by atoms with Crippen LogP contribution in [-0.2, 0) is 4.79 Å². The molecule has 0 unspecified atom stereocenters. The van der Waals surface area contributed by atoms with Crippen LogP contribution in [-0.4, -0.2) is 30.1 Å². The molecule has 1 aliphatic heterocycles. The van der Waals surface area contributed by atoms with Crippen LogP contribution in [0.1, 0.15) is 25.0 Å². The van der Waals surface area contributed by atoms with Crippen molar-refractivity contribution in [2.45, 2.75) is 30.9 Å². The van der Waals surface area contributed by atoms with Crippen LogP contribution in [0.3, 0.4) is 0 Å². The van der Waals surface area contributed by atoms with Gasteiger partial charge in [-0.25, -0.2) is 5.43 Å². The molecule has 0 bridgehead atoms. The lowest BCUT2D eigenvalue weighted by Crippen LogP contribution is -2.27. The standard InChI is InChI=1S/C20H22N2O3S/c1-13-4-7-17(8-5-13)26-15(3)20(23)22-21-14(2)16-6-9-18-19(12-16)25-11-10-24-18/h4-9,12,15H,10-11H2,1-3H3,(H,22,23)/b21-14-/t15-/m1/s1. The number of hydrazone groups is 1. The number of nitrogens with zero attached hydrogens (tertiary/aromatic N) is 1. The fourth-order valence-electron chi connectivity index (χ4n) is 2.44. The molecule has 6 heteroatoms. The van der Waals surface area contributed by atoms with E-state index in [1.54, 1.807) is 0 Å². The number of carbonyl (C=O) groups is 1. The van der Waals surface area contributed by atoms with E-state index in [9.17, 15) is 4.79 Å². The van der Waals surface area contributed by atoms with Crippen LogP contribution in [0.25, 0.3) is 0 Å². The summed E-state index contributed by atoms with van der Waals surface area (Å²) >= 11 is 1.51. The zero-order valence-electron chi connectivity index (χ0n) is 15.1. The van der Waals surface area contributed by atoms with E-state index in [2.05, 4.69) is 10.5 Å². The quantitative estimate of drug-likeness (QED) is 0.494. The van der Waals surface area contributed by atoms with Gasteiger partial charge in [0.25, 0.3) is 5.91 Å². The van der Waals surface area contributed by atoms with E-state index in [1.807, 2.05) is 63.2 Å². The molecular formula is C20H22N2O3S. The smallest absolute Gasteiger partial charge is 0.253 e. The number of rotatable bonds is 5. The molecule has 0 aliphatic carbocycles. The molecule has 5 nitrogen and oxygen atoms in total. The topological polar surface area (TPSA) is 59.9 Å². The molecular weight excluding hydrogens is 348 g/mol. The third-order valence-electron chi connectivity index (χ3n) is 4.00. The Labute approximate surface area is 157 Å². The van der Waals surface area contributed by atoms with Gasteiger partial charge in [-0.05, 0) is 51.1 Å². The van der Waals surface area contributed by atoms with Crippen molar-refractivity contribution in [3.63, 3.8) is 0 Å². The Morgan fingerprint density at radius 1 is 1.12 bits per heavy atom. The Kier molecular flexibility index (Phi) is 5.83. The summed E-state index contributed by atoms with van der Waals surface area (Å²) in [7, 11) is 0. The van der Waals surface area contributed by atoms with Crippen molar-refractivity contribution in [1.29, 1.82) is 0 Å². The molecule has 1 heterocycles. The van der Waals surface area contributed by atoms with Crippen LogP contribution in [0, 0.1) is 6.92 Å². The maximum atomic E-state index is 12.3. The maximum Gasteiger partial charge on any atom is 0.253 e. The summed E-state index contributed by atoms with van der Waals surface area (Å²) in [6.07, 6.45) is 0. The van der Waals surface area contributed by atoms with Gasteiger partial charge in [-0.3, -0.25) is 4.79 Å². The third kappa shape index (κ3) is 4.58. The number of benzene rings is 2. The van der Waals surface area contributed by atoms with Gasteiger partial charge in [-0.2, -0.15) is 5.10 Å². The summed E-state index contributed by atoms with van der Waals surface area (Å²) in [5.74, 6) is 1.31. The highest BCUT2D eigenvalue weighted by atomic mass is 32.2. The van der Waals surface area contributed by atoms with Crippen LogP contribution >= 0.6 is 11.8 Å². The Morgan fingerprint density at radius 3 is 2.54 bits per heavy atom. The number of hydrogen-bond acceptors (Lipinski definition) is 5. The lowest BCUT2D eigenvalue weighted by Gasteiger charge is -2.18. The fraction of sp³-hybridized carbons (Fsp3) is 0.300. The molecule has 136 valence electrons. The number of amides is 1. The molecule has 0 saturated heterocycles. The van der Waals surface area contributed by atoms with Crippen molar-refractivity contribution >= 4 is 23.4 Å². The van der Waals surface area contributed by atoms with Gasteiger partial charge in [-0.1, -0.05) is 17.7 Å². The number of thioether (sulfide) groups is 1. The van der Waals surface area contributed by atoms with E-state index in [0.29, 0.717) is 24.7 Å². The Bertz CT molecular complexity index is 818. The van der Waals surface area contributed by atoms with Crippen LogP contribution in [0.4, 0.5) is 0 Å². The van der Waals surface area contributed by atoms with E-state index in [0.717, 1.165) is 16.2 Å². The average Bonchev–Trinajstić information content (AvgIpc) is 2.67. The SMILES string of the molecule is C/C(=N/NC(=O)[C@@H](C)Sc1ccc(C)cc1)c1ccc2c(c1)OCCO2. The predicted octanol–water partition coefficient (Wildman–Crippen LogP) is 3.79. The van der Waals surface area contributed by atoms with Crippen molar-refractivity contribution in [1.82, 2.24) is 5.43 Å². The molecule has 1 aliphatic rings. The number of carbonyl (C=O) groups excluding carboxylic acids is 1. The van der Waals surface area contributed by atoms with E-state index in [1.165, 1.54) is 17.3 Å². The normalized spacial score (nSPS) is 14.7. The maximum absolute atomic E-state index is 12.3. The van der Waals surface area contributed by atoms with Crippen molar-refractivity contribution in [3.05, 3.63) is 53.6 Å². The van der Waals surface area contributed by atoms with Gasteiger partial charge in [-0.15, -0.1) is 11.8 Å². The van der Waals surface area contributed by atoms with E-state index in [4.69, 9.17) is 9.47 Å². The summed E-state index contributed by atoms with van der Waals surface area (Å²) < 4.78 is 11.1. The lowest BCUT2D eigenvalue weighted by molar-refractivity contribution is -0.120. The lowest BCUT2D eigenvalue weighted by atomic mass is 10.1. The minimum absolute atomic E-state index is 0.132. The monoisotopic (exact) mass is 370 g/mol. The molecule has 26 heavy (non-hydrogen) atoms. The Hall–Kier alpha value is -2.47. The van der Waals surface area contributed by atoms with Crippen molar-refractivity contribution in [2.24, 2.45) is 5.10 Å². The second kappa shape index (κ2) is 8.27. The van der Waals surface area contributed by atoms with Gasteiger partial charge in [0, 0.05) is 10.5 Å². The molecule has 0 radical (unpaired) electrons. The second-order valence-corrected chi connectivity index (χ2v) is 7.52. The molecule has 1 N–H and O–H groups in total. The number of hydrogen-bond donors (Lipinski definition) is 1. The zero-order chi connectivity index (χ0) is 18.5. The van der Waals surface area contributed by atoms with Crippen LogP contribution in [0.5, 0.6) is 11.5 Å². The number of nitrogens with one attached hydrogen (secondary N) is 1.